The van der Waals surface area contributed by atoms with Crippen LogP contribution in [0.15, 0.2) is 46.3 Å². The zero-order valence-corrected chi connectivity index (χ0v) is 13.3. The molecule has 0 aliphatic rings. The largest absolute Gasteiger partial charge is 2.00 e. The summed E-state index contributed by atoms with van der Waals surface area (Å²) in [5.41, 5.74) is 6.64. The summed E-state index contributed by atoms with van der Waals surface area (Å²) in [5, 5.41) is 37.7. The van der Waals surface area contributed by atoms with Crippen LogP contribution >= 0.6 is 0 Å². The summed E-state index contributed by atoms with van der Waals surface area (Å²) in [6.07, 6.45) is 1.30. The van der Waals surface area contributed by atoms with E-state index in [4.69, 9.17) is 10.8 Å². The molecule has 0 saturated carbocycles. The normalized spacial score (nSPS) is 11.5. The number of nitrogens with two attached hydrogens (primary N) is 1. The summed E-state index contributed by atoms with van der Waals surface area (Å²) in [6, 6.07) is 6.60. The van der Waals surface area contributed by atoms with Crippen LogP contribution in [0.25, 0.3) is 0 Å². The number of nitrogens with zero attached hydrogens (tertiary/aromatic N) is 2. The molecule has 0 aromatic heterocycles. The Labute approximate surface area is 135 Å². The van der Waals surface area contributed by atoms with E-state index in [1.54, 1.807) is 31.2 Å². The van der Waals surface area contributed by atoms with Crippen LogP contribution in [-0.2, 0) is 24.0 Å². The van der Waals surface area contributed by atoms with Crippen molar-refractivity contribution >= 4 is 17.3 Å². The Bertz CT molecular complexity index is 498. The number of allylic oxidation sites excluding steroid dienone is 2. The summed E-state index contributed by atoms with van der Waals surface area (Å²) in [6.45, 7) is 2.99. The number of nitrogen functional groups attached to an aromatic ring is 1. The molecule has 1 rings (SSSR count). The van der Waals surface area contributed by atoms with Gasteiger partial charge >= 0.3 is 0 Å². The van der Waals surface area contributed by atoms with E-state index in [2.05, 4.69) is 10.2 Å². The number of anilines is 1. The second-order valence-corrected chi connectivity index (χ2v) is 3.49. The molecule has 7 nitrogen and oxygen atoms in total. The Morgan fingerprint density at radius 2 is 1.62 bits per heavy atom. The second-order valence-electron chi connectivity index (χ2n) is 3.49. The molecule has 0 saturated heterocycles. The van der Waals surface area contributed by atoms with Gasteiger partial charge in [0, 0.05) is 35.7 Å². The first kappa shape index (κ1) is 24.2. The van der Waals surface area contributed by atoms with Crippen molar-refractivity contribution in [1.29, 1.82) is 0 Å². The minimum Gasteiger partial charge on any atom is -2.00 e. The van der Waals surface area contributed by atoms with Gasteiger partial charge < -0.3 is 26.5 Å². The van der Waals surface area contributed by atoms with Crippen LogP contribution in [0.4, 0.5) is 5.69 Å². The second kappa shape index (κ2) is 13.2. The molecule has 0 fully saturated rings. The molecular weight excluding hydrogens is 313 g/mol. The maximum Gasteiger partial charge on any atom is 0.0590 e. The zero-order chi connectivity index (χ0) is 14.8. The zero-order valence-electron chi connectivity index (χ0n) is 11.9. The van der Waals surface area contributed by atoms with Crippen LogP contribution in [0.2, 0.25) is 0 Å². The van der Waals surface area contributed by atoms with Crippen molar-refractivity contribution in [2.75, 3.05) is 12.8 Å². The Hall–Kier alpha value is -1.80. The Kier molecular flexibility index (Phi) is 15.2. The average molecular weight is 329 g/mol. The summed E-state index contributed by atoms with van der Waals surface area (Å²) >= 11 is 0. The topological polar surface area (TPSA) is 148 Å². The smallest absolute Gasteiger partial charge is 0.0590 e. The molecule has 0 unspecified atom stereocenters. The molecule has 1 radical (unpaired) electrons. The van der Waals surface area contributed by atoms with Crippen LogP contribution in [0, 0.1) is 0 Å². The van der Waals surface area contributed by atoms with Gasteiger partial charge in [-0.25, -0.2) is 0 Å². The van der Waals surface area contributed by atoms with Gasteiger partial charge in [-0.1, -0.05) is 31.2 Å². The first-order valence-electron chi connectivity index (χ1n) is 5.41. The molecule has 1 aromatic rings. The van der Waals surface area contributed by atoms with Crippen molar-refractivity contribution in [3.8, 4) is 0 Å². The van der Waals surface area contributed by atoms with Crippen molar-refractivity contribution < 1.29 is 39.4 Å². The molecular formula is C13H16N3O4V-5. The van der Waals surface area contributed by atoms with Gasteiger partial charge in [0.05, 0.1) is 5.71 Å². The third-order valence-corrected chi connectivity index (χ3v) is 1.90. The number of para-hydroxylation sites is 1. The predicted molar refractivity (Wildman–Crippen MR) is 70.9 cm³/mol. The van der Waals surface area contributed by atoms with Crippen molar-refractivity contribution in [1.82, 2.24) is 0 Å². The van der Waals surface area contributed by atoms with Gasteiger partial charge in [-0.05, 0) is 13.0 Å². The maximum absolute atomic E-state index is 11.6. The Balaban J connectivity index is -0.000000774. The predicted octanol–water partition coefficient (Wildman–Crippen LogP) is -1.13. The molecule has 1 aromatic carbocycles. The van der Waals surface area contributed by atoms with Crippen LogP contribution in [0.3, 0.4) is 0 Å². The van der Waals surface area contributed by atoms with E-state index in [1.807, 2.05) is 0 Å². The fraction of sp³-hybridized carbons (Fsp3) is 0.231. The Morgan fingerprint density at radius 1 is 1.10 bits per heavy atom. The SMILES string of the molecule is C/C([O-])=C/C(C)=N/N=C(\[O-])c1ccccc1N.C[O-].[O-2].[V]. The summed E-state index contributed by atoms with van der Waals surface area (Å²) in [5.74, 6) is -0.674. The maximum atomic E-state index is 11.6. The minimum atomic E-state index is -0.528. The molecule has 8 heteroatoms. The number of rotatable bonds is 3. The molecule has 0 heterocycles. The first-order chi connectivity index (χ1) is 9.00. The van der Waals surface area contributed by atoms with E-state index >= 15 is 0 Å². The van der Waals surface area contributed by atoms with E-state index in [0.717, 1.165) is 7.11 Å². The molecule has 0 amide bonds. The Morgan fingerprint density at radius 3 is 2.10 bits per heavy atom. The minimum absolute atomic E-state index is 0. The van der Waals surface area contributed by atoms with Gasteiger partial charge in [0.2, 0.25) is 0 Å². The fourth-order valence-corrected chi connectivity index (χ4v) is 1.19. The molecule has 2 N–H and O–H groups in total. The third-order valence-electron chi connectivity index (χ3n) is 1.90. The van der Waals surface area contributed by atoms with Crippen LogP contribution < -0.4 is 21.1 Å². The van der Waals surface area contributed by atoms with Gasteiger partial charge in [-0.15, -0.1) is 5.76 Å². The first-order valence-corrected chi connectivity index (χ1v) is 5.41. The molecule has 0 bridgehead atoms. The number of benzene rings is 1. The van der Waals surface area contributed by atoms with Gasteiger partial charge in [0.1, 0.15) is 0 Å². The van der Waals surface area contributed by atoms with E-state index in [1.165, 1.54) is 13.0 Å². The van der Waals surface area contributed by atoms with Crippen LogP contribution in [0.1, 0.15) is 19.4 Å². The molecule has 0 spiro atoms. The summed E-state index contributed by atoms with van der Waals surface area (Å²) in [7, 11) is 0.750. The van der Waals surface area contributed by atoms with Gasteiger partial charge in [-0.2, -0.15) is 17.3 Å². The summed E-state index contributed by atoms with van der Waals surface area (Å²) < 4.78 is 0. The van der Waals surface area contributed by atoms with Gasteiger partial charge in [0.25, 0.3) is 0 Å². The van der Waals surface area contributed by atoms with Crippen molar-refractivity contribution in [3.63, 3.8) is 0 Å². The molecule has 0 aliphatic heterocycles. The standard InChI is InChI=1S/C12H15N3O2.CH3O.O.V/c1-8(7-9(2)16)14-15-12(17)10-5-3-4-6-11(10)13;1-2;;/h3-7,16H,13H2,1-2H3,(H,15,17);1H3;;/q;-1;-2;/p-2/b9-7-,14-8+;;;. The van der Waals surface area contributed by atoms with Crippen molar-refractivity contribution in [2.45, 2.75) is 13.8 Å². The van der Waals surface area contributed by atoms with Crippen LogP contribution in [0.5, 0.6) is 0 Å². The van der Waals surface area contributed by atoms with E-state index < -0.39 is 5.90 Å². The van der Waals surface area contributed by atoms with Crippen LogP contribution in [-0.4, -0.2) is 18.7 Å². The van der Waals surface area contributed by atoms with Crippen molar-refractivity contribution in [3.05, 3.63) is 41.7 Å². The number of hydrogen-bond acceptors (Lipinski definition) is 6. The quantitative estimate of drug-likeness (QED) is 0.245. The molecule has 0 atom stereocenters. The van der Waals surface area contributed by atoms with Crippen molar-refractivity contribution in [2.24, 2.45) is 10.2 Å². The molecule has 21 heavy (non-hydrogen) atoms. The molecule has 0 aliphatic carbocycles. The van der Waals surface area contributed by atoms with Gasteiger partial charge in [0.15, 0.2) is 0 Å². The molecule has 117 valence electrons. The number of hydrogen-bond donors (Lipinski definition) is 1. The fourth-order valence-electron chi connectivity index (χ4n) is 1.19. The van der Waals surface area contributed by atoms with E-state index in [0.29, 0.717) is 17.0 Å². The monoisotopic (exact) mass is 329 g/mol. The summed E-state index contributed by atoms with van der Waals surface area (Å²) in [4.78, 5) is 0. The van der Waals surface area contributed by atoms with Gasteiger partial charge in [-0.3, -0.25) is 0 Å². The average Bonchev–Trinajstić information content (AvgIpc) is 2.38. The van der Waals surface area contributed by atoms with E-state index in [-0.39, 0.29) is 29.8 Å². The third kappa shape index (κ3) is 9.70. The van der Waals surface area contributed by atoms with E-state index in [9.17, 15) is 10.2 Å².